The largest absolute Gasteiger partial charge is 0.488 e. The number of hydrogen-bond donors (Lipinski definition) is 0. The third-order valence-electron chi connectivity index (χ3n) is 3.51. The van der Waals surface area contributed by atoms with E-state index in [1.807, 2.05) is 20.2 Å². The summed E-state index contributed by atoms with van der Waals surface area (Å²) in [5, 5.41) is 0. The molecule has 0 aliphatic carbocycles. The molecule has 1 atom stereocenters. The van der Waals surface area contributed by atoms with Crippen LogP contribution < -0.4 is 4.74 Å². The van der Waals surface area contributed by atoms with Gasteiger partial charge in [0, 0.05) is 17.7 Å². The van der Waals surface area contributed by atoms with Gasteiger partial charge in [0.05, 0.1) is 18.6 Å². The third-order valence-corrected chi connectivity index (χ3v) is 3.51. The van der Waals surface area contributed by atoms with Gasteiger partial charge in [-0.25, -0.2) is 9.37 Å². The van der Waals surface area contributed by atoms with Crippen molar-refractivity contribution in [1.29, 1.82) is 0 Å². The summed E-state index contributed by atoms with van der Waals surface area (Å²) >= 11 is 0. The molecule has 0 bridgehead atoms. The Bertz CT molecular complexity index is 591. The summed E-state index contributed by atoms with van der Waals surface area (Å²) < 4.78 is 21.0. The van der Waals surface area contributed by atoms with Crippen LogP contribution in [0.5, 0.6) is 5.75 Å². The van der Waals surface area contributed by atoms with Crippen molar-refractivity contribution >= 4 is 0 Å². The highest BCUT2D eigenvalue weighted by Crippen LogP contribution is 2.30. The quantitative estimate of drug-likeness (QED) is 0.814. The van der Waals surface area contributed by atoms with Crippen LogP contribution >= 0.6 is 0 Å². The van der Waals surface area contributed by atoms with Crippen molar-refractivity contribution < 1.29 is 9.13 Å². The zero-order chi connectivity index (χ0) is 12.7. The van der Waals surface area contributed by atoms with Gasteiger partial charge in [-0.15, -0.1) is 0 Å². The summed E-state index contributed by atoms with van der Waals surface area (Å²) in [6.45, 7) is 4.79. The lowest BCUT2D eigenvalue weighted by molar-refractivity contribution is 0.208. The van der Waals surface area contributed by atoms with E-state index >= 15 is 0 Å². The fraction of sp³-hybridized carbons (Fsp3) is 0.357. The molecule has 1 unspecified atom stereocenters. The van der Waals surface area contributed by atoms with E-state index in [1.165, 1.54) is 6.07 Å². The van der Waals surface area contributed by atoms with Gasteiger partial charge in [-0.1, -0.05) is 0 Å². The number of hydrogen-bond acceptors (Lipinski definition) is 2. The zero-order valence-corrected chi connectivity index (χ0v) is 10.5. The summed E-state index contributed by atoms with van der Waals surface area (Å²) in [6.07, 6.45) is 2.65. The normalized spacial score (nSPS) is 17.6. The molecule has 2 aromatic rings. The van der Waals surface area contributed by atoms with Crippen molar-refractivity contribution in [2.24, 2.45) is 0 Å². The Labute approximate surface area is 105 Å². The molecule has 1 aliphatic rings. The molecule has 3 rings (SSSR count). The number of benzene rings is 1. The lowest BCUT2D eigenvalue weighted by atomic mass is 10.1. The van der Waals surface area contributed by atoms with Gasteiger partial charge in [0.25, 0.3) is 0 Å². The molecule has 18 heavy (non-hydrogen) atoms. The van der Waals surface area contributed by atoms with E-state index in [9.17, 15) is 4.39 Å². The molecule has 1 aliphatic heterocycles. The van der Waals surface area contributed by atoms with Crippen molar-refractivity contribution in [3.8, 4) is 5.75 Å². The highest BCUT2D eigenvalue weighted by atomic mass is 19.1. The summed E-state index contributed by atoms with van der Waals surface area (Å²) in [4.78, 5) is 4.27. The summed E-state index contributed by atoms with van der Waals surface area (Å²) in [5.41, 5.74) is 3.15. The fourth-order valence-corrected chi connectivity index (χ4v) is 2.34. The SMILES string of the molecule is Cc1ncn(CC2Cc3cc(F)ccc3O2)c1C. The number of imidazole rings is 1. The van der Waals surface area contributed by atoms with Crippen molar-refractivity contribution in [3.63, 3.8) is 0 Å². The molecule has 0 spiro atoms. The molecule has 0 fully saturated rings. The topological polar surface area (TPSA) is 27.1 Å². The van der Waals surface area contributed by atoms with E-state index in [2.05, 4.69) is 9.55 Å². The first-order valence-corrected chi connectivity index (χ1v) is 6.07. The number of nitrogens with zero attached hydrogens (tertiary/aromatic N) is 2. The van der Waals surface area contributed by atoms with E-state index in [0.29, 0.717) is 0 Å². The molecule has 0 N–H and O–H groups in total. The first-order valence-electron chi connectivity index (χ1n) is 6.07. The molecule has 4 heteroatoms. The molecule has 1 aromatic carbocycles. The van der Waals surface area contributed by atoms with E-state index in [4.69, 9.17) is 4.74 Å². The summed E-state index contributed by atoms with van der Waals surface area (Å²) in [5.74, 6) is 0.601. The second kappa shape index (κ2) is 4.12. The van der Waals surface area contributed by atoms with E-state index in [-0.39, 0.29) is 11.9 Å². The van der Waals surface area contributed by atoms with E-state index in [0.717, 1.165) is 35.7 Å². The van der Waals surface area contributed by atoms with E-state index in [1.54, 1.807) is 12.1 Å². The number of halogens is 1. The van der Waals surface area contributed by atoms with Gasteiger partial charge < -0.3 is 9.30 Å². The van der Waals surface area contributed by atoms with Gasteiger partial charge >= 0.3 is 0 Å². The van der Waals surface area contributed by atoms with Crippen molar-refractivity contribution in [2.45, 2.75) is 32.9 Å². The predicted octanol–water partition coefficient (Wildman–Crippen LogP) is 2.64. The highest BCUT2D eigenvalue weighted by molar-refractivity contribution is 5.37. The van der Waals surface area contributed by atoms with Crippen LogP contribution in [0.1, 0.15) is 17.0 Å². The maximum absolute atomic E-state index is 13.1. The lowest BCUT2D eigenvalue weighted by Gasteiger charge is -2.12. The maximum Gasteiger partial charge on any atom is 0.123 e. The number of ether oxygens (including phenoxy) is 1. The first kappa shape index (κ1) is 11.3. The summed E-state index contributed by atoms with van der Waals surface area (Å²) in [7, 11) is 0. The average molecular weight is 246 g/mol. The Hall–Kier alpha value is -1.84. The van der Waals surface area contributed by atoms with Crippen LogP contribution in [-0.2, 0) is 13.0 Å². The zero-order valence-electron chi connectivity index (χ0n) is 10.5. The van der Waals surface area contributed by atoms with Gasteiger partial charge in [0.1, 0.15) is 17.7 Å². The van der Waals surface area contributed by atoms with Crippen LogP contribution in [0, 0.1) is 19.7 Å². The lowest BCUT2D eigenvalue weighted by Crippen LogP contribution is -2.21. The van der Waals surface area contributed by atoms with Crippen LogP contribution in [0.4, 0.5) is 4.39 Å². The molecule has 1 aromatic heterocycles. The molecular weight excluding hydrogens is 231 g/mol. The smallest absolute Gasteiger partial charge is 0.123 e. The Kier molecular flexibility index (Phi) is 2.58. The molecule has 0 saturated carbocycles. The van der Waals surface area contributed by atoms with Gasteiger partial charge in [-0.3, -0.25) is 0 Å². The van der Waals surface area contributed by atoms with Crippen LogP contribution in [0.3, 0.4) is 0 Å². The van der Waals surface area contributed by atoms with Crippen LogP contribution in [-0.4, -0.2) is 15.7 Å². The Morgan fingerprint density at radius 3 is 3.00 bits per heavy atom. The third kappa shape index (κ3) is 1.88. The molecular formula is C14H15FN2O. The molecule has 0 amide bonds. The van der Waals surface area contributed by atoms with Crippen molar-refractivity contribution in [1.82, 2.24) is 9.55 Å². The first-order chi connectivity index (χ1) is 8.63. The average Bonchev–Trinajstić information content (AvgIpc) is 2.86. The standard InChI is InChI=1S/C14H15FN2O/c1-9-10(2)17(8-16-9)7-13-6-11-5-12(15)3-4-14(11)18-13/h3-5,8,13H,6-7H2,1-2H3. The van der Waals surface area contributed by atoms with Gasteiger partial charge in [0.15, 0.2) is 0 Å². The molecule has 0 radical (unpaired) electrons. The monoisotopic (exact) mass is 246 g/mol. The Balaban J connectivity index is 1.76. The van der Waals surface area contributed by atoms with Crippen molar-refractivity contribution in [2.75, 3.05) is 0 Å². The maximum atomic E-state index is 13.1. The number of fused-ring (bicyclic) bond motifs is 1. The van der Waals surface area contributed by atoms with Crippen LogP contribution in [0.25, 0.3) is 0 Å². The van der Waals surface area contributed by atoms with E-state index < -0.39 is 0 Å². The fourth-order valence-electron chi connectivity index (χ4n) is 2.34. The van der Waals surface area contributed by atoms with Gasteiger partial charge in [-0.2, -0.15) is 0 Å². The Morgan fingerprint density at radius 2 is 2.28 bits per heavy atom. The minimum Gasteiger partial charge on any atom is -0.488 e. The summed E-state index contributed by atoms with van der Waals surface area (Å²) in [6, 6.07) is 4.70. The molecule has 0 saturated heterocycles. The molecule has 2 heterocycles. The highest BCUT2D eigenvalue weighted by Gasteiger charge is 2.24. The van der Waals surface area contributed by atoms with Crippen LogP contribution in [0.2, 0.25) is 0 Å². The molecule has 94 valence electrons. The predicted molar refractivity (Wildman–Crippen MR) is 66.2 cm³/mol. The van der Waals surface area contributed by atoms with Crippen LogP contribution in [0.15, 0.2) is 24.5 Å². The Morgan fingerprint density at radius 1 is 1.44 bits per heavy atom. The minimum atomic E-state index is -0.201. The van der Waals surface area contributed by atoms with Crippen molar-refractivity contribution in [3.05, 3.63) is 47.3 Å². The number of aromatic nitrogens is 2. The second-order valence-corrected chi connectivity index (χ2v) is 4.76. The number of rotatable bonds is 2. The van der Waals surface area contributed by atoms with Gasteiger partial charge in [-0.05, 0) is 32.0 Å². The second-order valence-electron chi connectivity index (χ2n) is 4.76. The molecule has 3 nitrogen and oxygen atoms in total. The van der Waals surface area contributed by atoms with Gasteiger partial charge in [0.2, 0.25) is 0 Å². The number of aryl methyl sites for hydroxylation is 1. The minimum absolute atomic E-state index is 0.0640.